The summed E-state index contributed by atoms with van der Waals surface area (Å²) >= 11 is 0. The van der Waals surface area contributed by atoms with Gasteiger partial charge in [0.25, 0.3) is 0 Å². The van der Waals surface area contributed by atoms with Crippen LogP contribution in [-0.4, -0.2) is 59.9 Å². The summed E-state index contributed by atoms with van der Waals surface area (Å²) in [6.07, 6.45) is 51.5. The van der Waals surface area contributed by atoms with Crippen molar-refractivity contribution >= 4 is 25.7 Å². The molecule has 0 amide bonds. The largest absolute Gasteiger partial charge is 0.480 e. The van der Waals surface area contributed by atoms with E-state index in [0.717, 1.165) is 25.7 Å². The molecule has 3 atom stereocenters. The molecule has 0 spiro atoms. The Bertz CT molecular complexity index is 1190. The van der Waals surface area contributed by atoms with E-state index in [1.165, 1.54) is 179 Å². The van der Waals surface area contributed by atoms with Crippen LogP contribution in [-0.2, 0) is 37.5 Å². The Labute approximate surface area is 378 Å². The number of carboxylic acids is 1. The molecule has 4 N–H and O–H groups in total. The Kier molecular flexibility index (Phi) is 43.6. The molecule has 0 aromatic rings. The van der Waals surface area contributed by atoms with Crippen molar-refractivity contribution in [1.29, 1.82) is 0 Å². The topological polar surface area (TPSA) is 172 Å². The number of phosphoric acid groups is 1. The number of carbonyl (C=O) groups excluding carboxylic acids is 2. The minimum Gasteiger partial charge on any atom is -0.480 e. The van der Waals surface area contributed by atoms with Gasteiger partial charge in [-0.25, -0.2) is 9.36 Å². The Morgan fingerprint density at radius 2 is 0.919 bits per heavy atom. The van der Waals surface area contributed by atoms with Crippen LogP contribution in [0.1, 0.15) is 232 Å². The fraction of sp³-hybridized carbons (Fsp3) is 0.820. The highest BCUT2D eigenvalue weighted by Crippen LogP contribution is 2.43. The number of aliphatic carboxylic acids is 1. The van der Waals surface area contributed by atoms with Crippen molar-refractivity contribution in [2.45, 2.75) is 244 Å². The van der Waals surface area contributed by atoms with Gasteiger partial charge in [0.1, 0.15) is 12.6 Å². The third-order valence-corrected chi connectivity index (χ3v) is 11.9. The van der Waals surface area contributed by atoms with Gasteiger partial charge in [-0.05, 0) is 38.5 Å². The van der Waals surface area contributed by atoms with Crippen molar-refractivity contribution in [3.05, 3.63) is 36.5 Å². The van der Waals surface area contributed by atoms with Gasteiger partial charge in [0, 0.05) is 12.5 Å². The maximum absolute atomic E-state index is 12.6. The molecule has 362 valence electrons. The average Bonchev–Trinajstić information content (AvgIpc) is 3.25. The molecule has 0 aliphatic carbocycles. The second-order valence-electron chi connectivity index (χ2n) is 17.0. The second kappa shape index (κ2) is 45.3. The average molecular weight is 898 g/mol. The molecule has 0 aromatic carbocycles. The van der Waals surface area contributed by atoms with Crippen LogP contribution < -0.4 is 5.73 Å². The van der Waals surface area contributed by atoms with E-state index in [9.17, 15) is 23.8 Å². The monoisotopic (exact) mass is 898 g/mol. The first-order valence-corrected chi connectivity index (χ1v) is 26.6. The smallest absolute Gasteiger partial charge is 0.472 e. The Morgan fingerprint density at radius 1 is 0.532 bits per heavy atom. The number of ether oxygens (including phenoxy) is 2. The van der Waals surface area contributed by atoms with Gasteiger partial charge in [-0.15, -0.1) is 0 Å². The van der Waals surface area contributed by atoms with Crippen LogP contribution in [0, 0.1) is 0 Å². The maximum atomic E-state index is 12.6. The summed E-state index contributed by atoms with van der Waals surface area (Å²) in [5, 5.41) is 8.90. The van der Waals surface area contributed by atoms with Crippen LogP contribution in [0.5, 0.6) is 0 Å². The van der Waals surface area contributed by atoms with E-state index in [1.54, 1.807) is 12.2 Å². The third kappa shape index (κ3) is 44.3. The van der Waals surface area contributed by atoms with E-state index in [2.05, 4.69) is 30.5 Å². The number of carbonyl (C=O) groups is 3. The predicted molar refractivity (Wildman–Crippen MR) is 254 cm³/mol. The summed E-state index contributed by atoms with van der Waals surface area (Å²) in [6, 6.07) is -1.54. The van der Waals surface area contributed by atoms with Crippen LogP contribution in [0.25, 0.3) is 0 Å². The van der Waals surface area contributed by atoms with Crippen molar-refractivity contribution in [1.82, 2.24) is 0 Å². The predicted octanol–water partition coefficient (Wildman–Crippen LogP) is 14.0. The van der Waals surface area contributed by atoms with Gasteiger partial charge >= 0.3 is 25.7 Å². The quantitative estimate of drug-likeness (QED) is 0.0133. The Hall–Kier alpha value is -2.30. The lowest BCUT2D eigenvalue weighted by Crippen LogP contribution is -2.34. The number of unbranched alkanes of at least 4 members (excludes halogenated alkanes) is 30. The number of esters is 2. The summed E-state index contributed by atoms with van der Waals surface area (Å²) in [6.45, 7) is 2.69. The maximum Gasteiger partial charge on any atom is 0.472 e. The van der Waals surface area contributed by atoms with Gasteiger partial charge < -0.3 is 25.2 Å². The number of hydrogen-bond donors (Lipinski definition) is 3. The van der Waals surface area contributed by atoms with E-state index in [1.807, 2.05) is 6.08 Å². The second-order valence-corrected chi connectivity index (χ2v) is 18.5. The van der Waals surface area contributed by atoms with Crippen LogP contribution in [0.4, 0.5) is 0 Å². The zero-order valence-corrected chi connectivity index (χ0v) is 40.4. The summed E-state index contributed by atoms with van der Waals surface area (Å²) in [5.74, 6) is -2.67. The lowest BCUT2D eigenvalue weighted by molar-refractivity contribution is -0.159. The molecule has 0 rings (SSSR count). The highest BCUT2D eigenvalue weighted by Gasteiger charge is 2.28. The molecule has 11 nitrogen and oxygen atoms in total. The standard InChI is InChI=1S/C50H92NO10P/c1-3-5-7-9-11-13-15-17-19-20-21-22-23-24-25-26-28-30-32-34-36-38-40-42-49(53)61-46(44-59-62(56,57)60-45-47(51)50(54)55)43-58-48(52)41-39-37-35-33-31-29-27-18-16-14-12-10-8-6-4-2/h34-37,39,41,46-47H,3-33,38,40,42-45,51H2,1-2H3,(H,54,55)(H,56,57)/b36-34+,37-35+,41-39+/t46-,47-/m0/s1. The van der Waals surface area contributed by atoms with Gasteiger partial charge in [-0.1, -0.05) is 218 Å². The van der Waals surface area contributed by atoms with E-state index in [-0.39, 0.29) is 6.42 Å². The summed E-state index contributed by atoms with van der Waals surface area (Å²) < 4.78 is 32.6. The van der Waals surface area contributed by atoms with Gasteiger partial charge in [-0.3, -0.25) is 18.6 Å². The zero-order chi connectivity index (χ0) is 45.6. The summed E-state index contributed by atoms with van der Waals surface area (Å²) in [5.41, 5.74) is 5.34. The number of hydrogen-bond acceptors (Lipinski definition) is 9. The Morgan fingerprint density at radius 3 is 1.35 bits per heavy atom. The molecule has 0 bridgehead atoms. The number of carboxylic acid groups (broad SMARTS) is 1. The van der Waals surface area contributed by atoms with E-state index >= 15 is 0 Å². The van der Waals surface area contributed by atoms with Crippen LogP contribution in [0.15, 0.2) is 36.5 Å². The van der Waals surface area contributed by atoms with Gasteiger partial charge in [0.15, 0.2) is 6.10 Å². The normalized spacial score (nSPS) is 13.9. The lowest BCUT2D eigenvalue weighted by atomic mass is 10.0. The van der Waals surface area contributed by atoms with Gasteiger partial charge in [0.05, 0.1) is 13.2 Å². The molecule has 0 radical (unpaired) electrons. The van der Waals surface area contributed by atoms with Crippen molar-refractivity contribution in [2.75, 3.05) is 19.8 Å². The molecule has 0 saturated carbocycles. The van der Waals surface area contributed by atoms with Crippen molar-refractivity contribution in [2.24, 2.45) is 5.73 Å². The molecule has 0 saturated heterocycles. The summed E-state index contributed by atoms with van der Waals surface area (Å²) in [4.78, 5) is 45.9. The Balaban J connectivity index is 4.32. The first-order valence-electron chi connectivity index (χ1n) is 25.1. The zero-order valence-electron chi connectivity index (χ0n) is 39.5. The number of phosphoric ester groups is 1. The van der Waals surface area contributed by atoms with Crippen LogP contribution >= 0.6 is 7.82 Å². The lowest BCUT2D eigenvalue weighted by Gasteiger charge is -2.20. The van der Waals surface area contributed by atoms with E-state index in [4.69, 9.17) is 24.8 Å². The van der Waals surface area contributed by atoms with Gasteiger partial charge in [-0.2, -0.15) is 0 Å². The minimum atomic E-state index is -4.75. The third-order valence-electron chi connectivity index (χ3n) is 11.0. The number of nitrogens with two attached hydrogens (primary N) is 1. The molecule has 1 unspecified atom stereocenters. The molecular weight excluding hydrogens is 806 g/mol. The van der Waals surface area contributed by atoms with Gasteiger partial charge in [0.2, 0.25) is 0 Å². The number of rotatable bonds is 47. The van der Waals surface area contributed by atoms with Crippen LogP contribution in [0.2, 0.25) is 0 Å². The molecule has 0 heterocycles. The summed E-state index contributed by atoms with van der Waals surface area (Å²) in [7, 11) is -4.75. The molecule has 12 heteroatoms. The fourth-order valence-electron chi connectivity index (χ4n) is 7.04. The minimum absolute atomic E-state index is 0.0958. The highest BCUT2D eigenvalue weighted by molar-refractivity contribution is 7.47. The molecule has 0 aromatic heterocycles. The van der Waals surface area contributed by atoms with Crippen LogP contribution in [0.3, 0.4) is 0 Å². The van der Waals surface area contributed by atoms with Crippen molar-refractivity contribution in [3.63, 3.8) is 0 Å². The molecular formula is C50H92NO10P. The molecule has 0 aliphatic heterocycles. The number of allylic oxidation sites excluding steroid dienone is 5. The molecule has 0 aliphatic rings. The van der Waals surface area contributed by atoms with E-state index in [0.29, 0.717) is 12.8 Å². The SMILES string of the molecule is CCCCCCCCCCCCC/C=C/C=C/C(=O)OC[C@@H](COP(=O)(O)OC[C@H](N)C(=O)O)OC(=O)CCC/C=C/CCCCCCCCCCCCCCCCCCCC. The first kappa shape index (κ1) is 59.7. The van der Waals surface area contributed by atoms with Crippen molar-refractivity contribution < 1.29 is 47.5 Å². The molecule has 0 fully saturated rings. The molecule has 62 heavy (non-hydrogen) atoms. The highest BCUT2D eigenvalue weighted by atomic mass is 31.2. The van der Waals surface area contributed by atoms with Crippen molar-refractivity contribution in [3.8, 4) is 0 Å². The first-order chi connectivity index (χ1) is 30.1. The van der Waals surface area contributed by atoms with E-state index < -0.39 is 57.7 Å². The fourth-order valence-corrected chi connectivity index (χ4v) is 7.82.